The number of halogens is 1. The molecule has 0 aromatic carbocycles. The molecule has 5 nitrogen and oxygen atoms in total. The maximum atomic E-state index is 5.99. The molecule has 0 bridgehead atoms. The number of nitrogens with zero attached hydrogens (tertiary/aromatic N) is 2. The Bertz CT molecular complexity index is 417. The summed E-state index contributed by atoms with van der Waals surface area (Å²) in [6, 6.07) is 0. The highest BCUT2D eigenvalue weighted by Gasteiger charge is 2.24. The summed E-state index contributed by atoms with van der Waals surface area (Å²) in [6.07, 6.45) is 6.40. The SMILES string of the molecule is CCNc1ncc(Br)c(OC2CCCC(OC)C2)n1. The maximum absolute atomic E-state index is 5.99. The Labute approximate surface area is 122 Å². The van der Waals surface area contributed by atoms with Crippen LogP contribution in [0.2, 0.25) is 0 Å². The van der Waals surface area contributed by atoms with Gasteiger partial charge in [0.25, 0.3) is 0 Å². The third-order valence-corrected chi connectivity index (χ3v) is 3.78. The highest BCUT2D eigenvalue weighted by molar-refractivity contribution is 9.10. The summed E-state index contributed by atoms with van der Waals surface area (Å²) in [7, 11) is 1.76. The summed E-state index contributed by atoms with van der Waals surface area (Å²) in [5.41, 5.74) is 0. The Morgan fingerprint density at radius 1 is 1.42 bits per heavy atom. The van der Waals surface area contributed by atoms with Crippen LogP contribution in [0.4, 0.5) is 5.95 Å². The van der Waals surface area contributed by atoms with Gasteiger partial charge >= 0.3 is 0 Å². The summed E-state index contributed by atoms with van der Waals surface area (Å²) in [5, 5.41) is 3.08. The van der Waals surface area contributed by atoms with Crippen molar-refractivity contribution in [2.24, 2.45) is 0 Å². The van der Waals surface area contributed by atoms with Gasteiger partial charge in [-0.2, -0.15) is 4.98 Å². The molecule has 0 amide bonds. The summed E-state index contributed by atoms with van der Waals surface area (Å²) in [6.45, 7) is 2.80. The first-order valence-electron chi connectivity index (χ1n) is 6.68. The monoisotopic (exact) mass is 329 g/mol. The molecule has 1 saturated carbocycles. The second-order valence-corrected chi connectivity index (χ2v) is 5.50. The smallest absolute Gasteiger partial charge is 0.233 e. The van der Waals surface area contributed by atoms with E-state index in [-0.39, 0.29) is 6.10 Å². The lowest BCUT2D eigenvalue weighted by atomic mass is 9.95. The van der Waals surface area contributed by atoms with Gasteiger partial charge in [-0.1, -0.05) is 0 Å². The summed E-state index contributed by atoms with van der Waals surface area (Å²) in [5.74, 6) is 1.20. The first kappa shape index (κ1) is 14.5. The van der Waals surface area contributed by atoms with Gasteiger partial charge in [-0.25, -0.2) is 4.98 Å². The van der Waals surface area contributed by atoms with Gasteiger partial charge in [-0.15, -0.1) is 0 Å². The van der Waals surface area contributed by atoms with Gasteiger partial charge in [0.15, 0.2) is 0 Å². The molecule has 1 heterocycles. The predicted octanol–water partition coefficient (Wildman–Crippen LogP) is 3.01. The van der Waals surface area contributed by atoms with E-state index in [1.54, 1.807) is 13.3 Å². The molecule has 106 valence electrons. The van der Waals surface area contributed by atoms with Gasteiger partial charge in [-0.3, -0.25) is 0 Å². The van der Waals surface area contributed by atoms with Crippen molar-refractivity contribution in [1.82, 2.24) is 9.97 Å². The summed E-state index contributed by atoms with van der Waals surface area (Å²) in [4.78, 5) is 8.55. The zero-order chi connectivity index (χ0) is 13.7. The lowest BCUT2D eigenvalue weighted by Gasteiger charge is -2.28. The van der Waals surface area contributed by atoms with Crippen LogP contribution < -0.4 is 10.1 Å². The van der Waals surface area contributed by atoms with Crippen LogP contribution in [0.15, 0.2) is 10.7 Å². The van der Waals surface area contributed by atoms with E-state index >= 15 is 0 Å². The van der Waals surface area contributed by atoms with Crippen molar-refractivity contribution in [1.29, 1.82) is 0 Å². The van der Waals surface area contributed by atoms with E-state index in [0.717, 1.165) is 36.7 Å². The van der Waals surface area contributed by atoms with Crippen molar-refractivity contribution in [3.05, 3.63) is 10.7 Å². The first-order valence-corrected chi connectivity index (χ1v) is 7.48. The average Bonchev–Trinajstić information content (AvgIpc) is 2.43. The lowest BCUT2D eigenvalue weighted by Crippen LogP contribution is -2.29. The van der Waals surface area contributed by atoms with Gasteiger partial charge in [-0.05, 0) is 42.1 Å². The van der Waals surface area contributed by atoms with E-state index in [4.69, 9.17) is 9.47 Å². The third-order valence-electron chi connectivity index (χ3n) is 3.24. The van der Waals surface area contributed by atoms with E-state index in [2.05, 4.69) is 31.2 Å². The Morgan fingerprint density at radius 3 is 2.95 bits per heavy atom. The molecular weight excluding hydrogens is 310 g/mol. The Balaban J connectivity index is 2.03. The van der Waals surface area contributed by atoms with Crippen molar-refractivity contribution >= 4 is 21.9 Å². The molecule has 0 aliphatic heterocycles. The fourth-order valence-electron chi connectivity index (χ4n) is 2.26. The molecule has 2 atom stereocenters. The largest absolute Gasteiger partial charge is 0.473 e. The molecular formula is C13H20BrN3O2. The van der Waals surface area contributed by atoms with Gasteiger partial charge in [0.05, 0.1) is 16.8 Å². The topological polar surface area (TPSA) is 56.3 Å². The van der Waals surface area contributed by atoms with Crippen molar-refractivity contribution in [3.63, 3.8) is 0 Å². The van der Waals surface area contributed by atoms with Crippen LogP contribution in [0, 0.1) is 0 Å². The van der Waals surface area contributed by atoms with Crippen molar-refractivity contribution in [2.75, 3.05) is 19.0 Å². The number of aromatic nitrogens is 2. The minimum absolute atomic E-state index is 0.166. The number of hydrogen-bond acceptors (Lipinski definition) is 5. The summed E-state index contributed by atoms with van der Waals surface area (Å²) < 4.78 is 12.2. The van der Waals surface area contributed by atoms with Gasteiger partial charge in [0.2, 0.25) is 11.8 Å². The van der Waals surface area contributed by atoms with E-state index < -0.39 is 0 Å². The van der Waals surface area contributed by atoms with Crippen LogP contribution in [0.1, 0.15) is 32.6 Å². The van der Waals surface area contributed by atoms with Crippen molar-refractivity contribution in [3.8, 4) is 5.88 Å². The molecule has 19 heavy (non-hydrogen) atoms. The number of rotatable bonds is 5. The summed E-state index contributed by atoms with van der Waals surface area (Å²) >= 11 is 3.43. The van der Waals surface area contributed by atoms with Crippen molar-refractivity contribution < 1.29 is 9.47 Å². The predicted molar refractivity (Wildman–Crippen MR) is 77.6 cm³/mol. The fraction of sp³-hybridized carbons (Fsp3) is 0.692. The molecule has 1 aliphatic rings. The van der Waals surface area contributed by atoms with Crippen LogP contribution in [0.5, 0.6) is 5.88 Å². The van der Waals surface area contributed by atoms with E-state index in [1.807, 2.05) is 6.92 Å². The van der Waals surface area contributed by atoms with E-state index in [0.29, 0.717) is 17.9 Å². The number of methoxy groups -OCH3 is 1. The third kappa shape index (κ3) is 4.04. The molecule has 1 fully saturated rings. The molecule has 0 radical (unpaired) electrons. The molecule has 6 heteroatoms. The second-order valence-electron chi connectivity index (χ2n) is 4.64. The van der Waals surface area contributed by atoms with E-state index in [9.17, 15) is 0 Å². The minimum Gasteiger partial charge on any atom is -0.473 e. The Morgan fingerprint density at radius 2 is 2.21 bits per heavy atom. The van der Waals surface area contributed by atoms with Gasteiger partial charge in [0, 0.05) is 20.1 Å². The standard InChI is InChI=1S/C13H20BrN3O2/c1-3-15-13-16-8-11(14)12(17-13)19-10-6-4-5-9(7-10)18-2/h8-10H,3-7H2,1-2H3,(H,15,16,17). The zero-order valence-electron chi connectivity index (χ0n) is 11.4. The Hall–Kier alpha value is -0.880. The molecule has 1 aromatic heterocycles. The number of nitrogens with one attached hydrogen (secondary N) is 1. The highest BCUT2D eigenvalue weighted by Crippen LogP contribution is 2.28. The van der Waals surface area contributed by atoms with Crippen LogP contribution >= 0.6 is 15.9 Å². The molecule has 1 aromatic rings. The second kappa shape index (κ2) is 7.05. The molecule has 0 saturated heterocycles. The molecule has 2 unspecified atom stereocenters. The number of hydrogen-bond donors (Lipinski definition) is 1. The van der Waals surface area contributed by atoms with Crippen molar-refractivity contribution in [2.45, 2.75) is 44.8 Å². The number of ether oxygens (including phenoxy) is 2. The highest BCUT2D eigenvalue weighted by atomic mass is 79.9. The molecule has 1 aliphatic carbocycles. The normalized spacial score (nSPS) is 23.1. The van der Waals surface area contributed by atoms with Gasteiger partial charge < -0.3 is 14.8 Å². The molecule has 0 spiro atoms. The van der Waals surface area contributed by atoms with Crippen LogP contribution in [0.3, 0.4) is 0 Å². The average molecular weight is 330 g/mol. The quantitative estimate of drug-likeness (QED) is 0.899. The fourth-order valence-corrected chi connectivity index (χ4v) is 2.54. The molecule has 1 N–H and O–H groups in total. The Kier molecular flexibility index (Phi) is 5.39. The van der Waals surface area contributed by atoms with Gasteiger partial charge in [0.1, 0.15) is 6.10 Å². The number of anilines is 1. The molecule has 2 rings (SSSR count). The van der Waals surface area contributed by atoms with Crippen LogP contribution in [-0.4, -0.2) is 35.8 Å². The van der Waals surface area contributed by atoms with Crippen LogP contribution in [0.25, 0.3) is 0 Å². The van der Waals surface area contributed by atoms with E-state index in [1.165, 1.54) is 0 Å². The zero-order valence-corrected chi connectivity index (χ0v) is 12.9. The minimum atomic E-state index is 0.166. The van der Waals surface area contributed by atoms with Crippen LogP contribution in [-0.2, 0) is 4.74 Å². The maximum Gasteiger partial charge on any atom is 0.233 e. The first-order chi connectivity index (χ1) is 9.22. The lowest BCUT2D eigenvalue weighted by molar-refractivity contribution is 0.0192.